The van der Waals surface area contributed by atoms with E-state index in [2.05, 4.69) is 11.3 Å². The van der Waals surface area contributed by atoms with E-state index in [1.807, 2.05) is 0 Å². The molecule has 0 saturated carbocycles. The van der Waals surface area contributed by atoms with Crippen molar-refractivity contribution in [3.8, 4) is 0 Å². The molecule has 0 saturated heterocycles. The highest BCUT2D eigenvalue weighted by Crippen LogP contribution is 1.87. The van der Waals surface area contributed by atoms with E-state index in [0.29, 0.717) is 0 Å². The van der Waals surface area contributed by atoms with Crippen LogP contribution in [0.15, 0.2) is 12.8 Å². The molecule has 1 amide bonds. The molecule has 0 bridgehead atoms. The predicted molar refractivity (Wildman–Crippen MR) is 27.5 cm³/mol. The highest BCUT2D eigenvalue weighted by atomic mass is 16.5. The van der Waals surface area contributed by atoms with Crippen LogP contribution in [-0.4, -0.2) is 23.5 Å². The van der Waals surface area contributed by atoms with E-state index in [0.717, 1.165) is 0 Å². The molecular formula is C5H6NO2+. The zero-order chi connectivity index (χ0) is 5.98. The molecule has 0 radical (unpaired) electrons. The molecular weight excluding hydrogens is 106 g/mol. The smallest absolute Gasteiger partial charge is 0.432 e. The molecule has 0 atom stereocenters. The van der Waals surface area contributed by atoms with E-state index >= 15 is 0 Å². The largest absolute Gasteiger partial charge is 0.434 e. The van der Waals surface area contributed by atoms with Gasteiger partial charge in [-0.1, -0.05) is 0 Å². The van der Waals surface area contributed by atoms with Crippen LogP contribution in [0.1, 0.15) is 0 Å². The highest BCUT2D eigenvalue weighted by molar-refractivity contribution is 5.76. The van der Waals surface area contributed by atoms with Gasteiger partial charge in [0.1, 0.15) is 0 Å². The van der Waals surface area contributed by atoms with Crippen molar-refractivity contribution in [1.82, 2.24) is 0 Å². The molecule has 1 heterocycles. The van der Waals surface area contributed by atoms with Crippen molar-refractivity contribution in [2.24, 2.45) is 0 Å². The first-order chi connectivity index (χ1) is 3.84. The molecule has 0 aromatic rings. The fourth-order valence-corrected chi connectivity index (χ4v) is 0.467. The maximum absolute atomic E-state index is 10.5. The number of hydrogen-bond donors (Lipinski definition) is 0. The van der Waals surface area contributed by atoms with Crippen molar-refractivity contribution in [3.05, 3.63) is 12.8 Å². The predicted octanol–water partition coefficient (Wildman–Crippen LogP) is -0.272. The van der Waals surface area contributed by atoms with Gasteiger partial charge in [0.2, 0.25) is 6.61 Å². The van der Waals surface area contributed by atoms with Gasteiger partial charge in [0.05, 0.1) is 0 Å². The molecule has 0 aromatic carbocycles. The monoisotopic (exact) mass is 112 g/mol. The van der Waals surface area contributed by atoms with E-state index in [1.165, 1.54) is 17.2 Å². The first-order valence-corrected chi connectivity index (χ1v) is 2.23. The summed E-state index contributed by atoms with van der Waals surface area (Å²) in [6, 6.07) is 0. The van der Waals surface area contributed by atoms with Gasteiger partial charge in [0.15, 0.2) is 6.20 Å². The summed E-state index contributed by atoms with van der Waals surface area (Å²) in [5.41, 5.74) is 0. The van der Waals surface area contributed by atoms with Gasteiger partial charge >= 0.3 is 12.3 Å². The van der Waals surface area contributed by atoms with Crippen LogP contribution in [0.3, 0.4) is 0 Å². The zero-order valence-corrected chi connectivity index (χ0v) is 4.33. The molecule has 0 fully saturated rings. The lowest BCUT2D eigenvalue weighted by Gasteiger charge is -1.73. The Morgan fingerprint density at radius 1 is 2.00 bits per heavy atom. The third-order valence-electron chi connectivity index (χ3n) is 0.880. The number of rotatable bonds is 1. The third kappa shape index (κ3) is 0.621. The van der Waals surface area contributed by atoms with Crippen LogP contribution in [0.4, 0.5) is 0 Å². The van der Waals surface area contributed by atoms with Crippen molar-refractivity contribution >= 4 is 12.3 Å². The summed E-state index contributed by atoms with van der Waals surface area (Å²) >= 11 is 0. The van der Waals surface area contributed by atoms with Crippen molar-refractivity contribution in [2.45, 2.75) is 0 Å². The molecule has 8 heavy (non-hydrogen) atoms. The maximum atomic E-state index is 10.5. The van der Waals surface area contributed by atoms with Crippen LogP contribution < -0.4 is 0 Å². The van der Waals surface area contributed by atoms with Crippen LogP contribution in [0.5, 0.6) is 0 Å². The summed E-state index contributed by atoms with van der Waals surface area (Å²) in [6.45, 7) is 3.53. The number of ether oxygens (including phenoxy) is 1. The molecule has 3 nitrogen and oxygen atoms in total. The Bertz CT molecular complexity index is 160. The molecule has 1 rings (SSSR count). The molecule has 3 heteroatoms. The van der Waals surface area contributed by atoms with Crippen molar-refractivity contribution < 1.29 is 14.1 Å². The van der Waals surface area contributed by atoms with Gasteiger partial charge in [-0.3, -0.25) is 0 Å². The van der Waals surface area contributed by atoms with E-state index in [-0.39, 0.29) is 12.5 Å². The van der Waals surface area contributed by atoms with Gasteiger partial charge in [-0.15, -0.1) is 4.58 Å². The summed E-state index contributed by atoms with van der Waals surface area (Å²) in [5.74, 6) is -0.0694. The molecule has 0 aromatic heterocycles. The van der Waals surface area contributed by atoms with Crippen molar-refractivity contribution in [2.75, 3.05) is 6.61 Å². The molecule has 0 aliphatic carbocycles. The molecule has 1 aliphatic heterocycles. The second kappa shape index (κ2) is 1.78. The molecule has 42 valence electrons. The van der Waals surface area contributed by atoms with Gasteiger partial charge < -0.3 is 4.74 Å². The molecule has 1 aliphatic rings. The van der Waals surface area contributed by atoms with E-state index in [4.69, 9.17) is 0 Å². The van der Waals surface area contributed by atoms with E-state index < -0.39 is 0 Å². The normalized spacial score (nSPS) is 17.5. The highest BCUT2D eigenvalue weighted by Gasteiger charge is 2.21. The van der Waals surface area contributed by atoms with Crippen LogP contribution in [0.2, 0.25) is 0 Å². The SMILES string of the molecule is C=C[N+]1=COCC1=O. The van der Waals surface area contributed by atoms with E-state index in [1.54, 1.807) is 0 Å². The second-order valence-corrected chi connectivity index (χ2v) is 1.40. The van der Waals surface area contributed by atoms with Gasteiger partial charge in [-0.25, -0.2) is 4.79 Å². The average Bonchev–Trinajstić information content (AvgIpc) is 2.14. The van der Waals surface area contributed by atoms with Crippen molar-refractivity contribution in [1.29, 1.82) is 0 Å². The van der Waals surface area contributed by atoms with Crippen LogP contribution in [0.25, 0.3) is 0 Å². The molecule has 0 spiro atoms. The quantitative estimate of drug-likeness (QED) is 0.437. The average molecular weight is 112 g/mol. The fraction of sp³-hybridized carbons (Fsp3) is 0.200. The van der Waals surface area contributed by atoms with Gasteiger partial charge in [0.25, 0.3) is 0 Å². The number of nitrogens with zero attached hydrogens (tertiary/aromatic N) is 1. The number of amides is 1. The van der Waals surface area contributed by atoms with E-state index in [9.17, 15) is 4.79 Å². The summed E-state index contributed by atoms with van der Waals surface area (Å²) in [4.78, 5) is 10.5. The van der Waals surface area contributed by atoms with Gasteiger partial charge in [-0.2, -0.15) is 0 Å². The Hall–Kier alpha value is -1.12. The Morgan fingerprint density at radius 3 is 3.00 bits per heavy atom. The lowest BCUT2D eigenvalue weighted by Crippen LogP contribution is -2.10. The molecule has 0 unspecified atom stereocenters. The minimum absolute atomic E-state index is 0.0694. The second-order valence-electron chi connectivity index (χ2n) is 1.40. The first kappa shape index (κ1) is 5.03. The topological polar surface area (TPSA) is 29.3 Å². The lowest BCUT2D eigenvalue weighted by molar-refractivity contribution is -0.370. The zero-order valence-electron chi connectivity index (χ0n) is 4.33. The van der Waals surface area contributed by atoms with Crippen LogP contribution in [0, 0.1) is 0 Å². The Morgan fingerprint density at radius 2 is 2.75 bits per heavy atom. The number of carbonyl (C=O) groups is 1. The molecule has 0 N–H and O–H groups in total. The fourth-order valence-electron chi connectivity index (χ4n) is 0.467. The first-order valence-electron chi connectivity index (χ1n) is 2.23. The standard InChI is InChI=1S/C5H6NO2/c1-2-6-4-8-3-5(6)7/h2,4H,1,3H2/q+1. The van der Waals surface area contributed by atoms with Crippen molar-refractivity contribution in [3.63, 3.8) is 0 Å². The lowest BCUT2D eigenvalue weighted by atomic mass is 10.6. The number of carbonyl (C=O) groups excluding carboxylic acids is 1. The third-order valence-corrected chi connectivity index (χ3v) is 0.880. The summed E-state index contributed by atoms with van der Waals surface area (Å²) < 4.78 is 5.95. The Kier molecular flexibility index (Phi) is 1.12. The van der Waals surface area contributed by atoms with Gasteiger partial charge in [0, 0.05) is 0 Å². The number of hydrogen-bond acceptors (Lipinski definition) is 2. The Labute approximate surface area is 46.9 Å². The minimum Gasteiger partial charge on any atom is -0.434 e. The van der Waals surface area contributed by atoms with Crippen LogP contribution in [-0.2, 0) is 9.53 Å². The van der Waals surface area contributed by atoms with Gasteiger partial charge in [-0.05, 0) is 6.58 Å². The minimum atomic E-state index is -0.0694. The summed E-state index contributed by atoms with van der Waals surface area (Å²) in [5, 5.41) is 0. The Balaban J connectivity index is 2.76. The maximum Gasteiger partial charge on any atom is 0.432 e. The summed E-state index contributed by atoms with van der Waals surface area (Å²) in [6.07, 6.45) is 2.75. The summed E-state index contributed by atoms with van der Waals surface area (Å²) in [7, 11) is 0. The van der Waals surface area contributed by atoms with Crippen LogP contribution >= 0.6 is 0 Å².